The molecule has 1 fully saturated rings. The minimum absolute atomic E-state index is 0.0943. The fraction of sp³-hybridized carbons (Fsp3) is 0.381. The van der Waals surface area contributed by atoms with Crippen LogP contribution < -0.4 is 10.5 Å². The molecule has 2 aromatic rings. The van der Waals surface area contributed by atoms with Crippen LogP contribution in [-0.4, -0.2) is 45.4 Å². The second-order valence-electron chi connectivity index (χ2n) is 7.16. The number of likely N-dealkylation sites (tertiary alicyclic amines) is 1. The lowest BCUT2D eigenvalue weighted by atomic mass is 9.97. The molecule has 150 valence electrons. The van der Waals surface area contributed by atoms with Crippen molar-refractivity contribution in [2.75, 3.05) is 26.2 Å². The Morgan fingerprint density at radius 2 is 1.82 bits per heavy atom. The lowest BCUT2D eigenvalue weighted by Gasteiger charge is -2.31. The van der Waals surface area contributed by atoms with Gasteiger partial charge >= 0.3 is 0 Å². The number of amides is 1. The number of carbonyl (C=O) groups excluding carboxylic acids is 1. The van der Waals surface area contributed by atoms with Gasteiger partial charge in [0.25, 0.3) is 0 Å². The summed E-state index contributed by atoms with van der Waals surface area (Å²) in [5.41, 5.74) is 6.97. The van der Waals surface area contributed by atoms with E-state index >= 15 is 0 Å². The molecule has 0 radical (unpaired) electrons. The molecular formula is C21H27N3O3S. The van der Waals surface area contributed by atoms with Gasteiger partial charge in [-0.2, -0.15) is 0 Å². The van der Waals surface area contributed by atoms with Crippen molar-refractivity contribution in [1.29, 1.82) is 0 Å². The molecule has 1 atom stereocenters. The van der Waals surface area contributed by atoms with Crippen LogP contribution in [0.1, 0.15) is 19.3 Å². The first-order valence-electron chi connectivity index (χ1n) is 9.63. The van der Waals surface area contributed by atoms with Gasteiger partial charge in [0.1, 0.15) is 0 Å². The quantitative estimate of drug-likeness (QED) is 0.664. The maximum atomic E-state index is 12.8. The predicted molar refractivity (Wildman–Crippen MR) is 110 cm³/mol. The number of rotatable bonds is 8. The molecule has 1 unspecified atom stereocenters. The first-order chi connectivity index (χ1) is 13.5. The van der Waals surface area contributed by atoms with Gasteiger partial charge in [-0.15, -0.1) is 0 Å². The SMILES string of the molecule is NC(=O)C1CCCN(CCCNS(=O)(=O)c2ccccc2-c2ccccc2)C1. The highest BCUT2D eigenvalue weighted by Gasteiger charge is 2.24. The Kier molecular flexibility index (Phi) is 6.83. The van der Waals surface area contributed by atoms with Crippen LogP contribution >= 0.6 is 0 Å². The van der Waals surface area contributed by atoms with Gasteiger partial charge in [-0.05, 0) is 44.0 Å². The monoisotopic (exact) mass is 401 g/mol. The first kappa shape index (κ1) is 20.5. The number of nitrogens with zero attached hydrogens (tertiary/aromatic N) is 1. The van der Waals surface area contributed by atoms with E-state index < -0.39 is 10.0 Å². The van der Waals surface area contributed by atoms with Crippen molar-refractivity contribution in [2.45, 2.75) is 24.2 Å². The summed E-state index contributed by atoms with van der Waals surface area (Å²) in [4.78, 5) is 13.8. The van der Waals surface area contributed by atoms with Crippen LogP contribution in [-0.2, 0) is 14.8 Å². The number of piperidine rings is 1. The van der Waals surface area contributed by atoms with Crippen molar-refractivity contribution in [3.05, 3.63) is 54.6 Å². The molecule has 0 saturated carbocycles. The molecule has 1 aliphatic rings. The third-order valence-corrected chi connectivity index (χ3v) is 6.63. The van der Waals surface area contributed by atoms with Crippen LogP contribution in [0.4, 0.5) is 0 Å². The third-order valence-electron chi connectivity index (χ3n) is 5.11. The lowest BCUT2D eigenvalue weighted by molar-refractivity contribution is -0.123. The summed E-state index contributed by atoms with van der Waals surface area (Å²) in [6.07, 6.45) is 2.47. The molecule has 1 aliphatic heterocycles. The number of hydrogen-bond donors (Lipinski definition) is 2. The van der Waals surface area contributed by atoms with Gasteiger partial charge in [-0.25, -0.2) is 13.1 Å². The van der Waals surface area contributed by atoms with Crippen LogP contribution in [0.25, 0.3) is 11.1 Å². The molecule has 0 aromatic heterocycles. The number of primary amides is 1. The largest absolute Gasteiger partial charge is 0.369 e. The number of hydrogen-bond acceptors (Lipinski definition) is 4. The van der Waals surface area contributed by atoms with Gasteiger partial charge in [0.05, 0.1) is 10.8 Å². The molecule has 3 rings (SSSR count). The molecular weight excluding hydrogens is 374 g/mol. The van der Waals surface area contributed by atoms with E-state index in [0.29, 0.717) is 25.1 Å². The van der Waals surface area contributed by atoms with Crippen molar-refractivity contribution < 1.29 is 13.2 Å². The highest BCUT2D eigenvalue weighted by Crippen LogP contribution is 2.26. The number of sulfonamides is 1. The fourth-order valence-electron chi connectivity index (χ4n) is 3.63. The lowest BCUT2D eigenvalue weighted by Crippen LogP contribution is -2.42. The topological polar surface area (TPSA) is 92.5 Å². The van der Waals surface area contributed by atoms with Gasteiger partial charge in [0.15, 0.2) is 0 Å². The Bertz CT molecular complexity index is 900. The van der Waals surface area contributed by atoms with Crippen molar-refractivity contribution >= 4 is 15.9 Å². The highest BCUT2D eigenvalue weighted by molar-refractivity contribution is 7.89. The molecule has 1 amide bonds. The van der Waals surface area contributed by atoms with E-state index in [9.17, 15) is 13.2 Å². The van der Waals surface area contributed by atoms with E-state index in [1.807, 2.05) is 42.5 Å². The Balaban J connectivity index is 1.59. The maximum Gasteiger partial charge on any atom is 0.241 e. The summed E-state index contributed by atoms with van der Waals surface area (Å²) < 4.78 is 28.4. The van der Waals surface area contributed by atoms with E-state index in [-0.39, 0.29) is 16.7 Å². The highest BCUT2D eigenvalue weighted by atomic mass is 32.2. The molecule has 28 heavy (non-hydrogen) atoms. The molecule has 1 heterocycles. The Morgan fingerprint density at radius 3 is 2.57 bits per heavy atom. The maximum absolute atomic E-state index is 12.8. The molecule has 0 aliphatic carbocycles. The van der Waals surface area contributed by atoms with Gasteiger partial charge in [-0.1, -0.05) is 48.5 Å². The molecule has 6 nitrogen and oxygen atoms in total. The zero-order valence-corrected chi connectivity index (χ0v) is 16.7. The van der Waals surface area contributed by atoms with E-state index in [1.165, 1.54) is 0 Å². The summed E-state index contributed by atoms with van der Waals surface area (Å²) in [6.45, 7) is 2.68. The smallest absolute Gasteiger partial charge is 0.241 e. The Morgan fingerprint density at radius 1 is 1.11 bits per heavy atom. The zero-order chi connectivity index (χ0) is 20.0. The van der Waals surface area contributed by atoms with Gasteiger partial charge in [-0.3, -0.25) is 4.79 Å². The van der Waals surface area contributed by atoms with Crippen LogP contribution in [0.5, 0.6) is 0 Å². The number of carbonyl (C=O) groups is 1. The van der Waals surface area contributed by atoms with Crippen molar-refractivity contribution in [3.63, 3.8) is 0 Å². The van der Waals surface area contributed by atoms with E-state index in [0.717, 1.165) is 31.5 Å². The van der Waals surface area contributed by atoms with Crippen LogP contribution in [0.15, 0.2) is 59.5 Å². The molecule has 3 N–H and O–H groups in total. The van der Waals surface area contributed by atoms with Crippen molar-refractivity contribution in [1.82, 2.24) is 9.62 Å². The van der Waals surface area contributed by atoms with Crippen LogP contribution in [0.2, 0.25) is 0 Å². The molecule has 0 spiro atoms. The van der Waals surface area contributed by atoms with Gasteiger partial charge in [0.2, 0.25) is 15.9 Å². The minimum atomic E-state index is -3.61. The normalized spacial score (nSPS) is 18.1. The number of nitrogens with one attached hydrogen (secondary N) is 1. The molecule has 7 heteroatoms. The zero-order valence-electron chi connectivity index (χ0n) is 15.9. The van der Waals surface area contributed by atoms with Crippen molar-refractivity contribution in [2.24, 2.45) is 11.7 Å². The van der Waals surface area contributed by atoms with E-state index in [2.05, 4.69) is 9.62 Å². The summed E-state index contributed by atoms with van der Waals surface area (Å²) >= 11 is 0. The summed E-state index contributed by atoms with van der Waals surface area (Å²) in [6, 6.07) is 16.5. The molecule has 2 aromatic carbocycles. The van der Waals surface area contributed by atoms with E-state index in [1.54, 1.807) is 12.1 Å². The first-order valence-corrected chi connectivity index (χ1v) is 11.1. The Labute approximate surface area is 166 Å². The second-order valence-corrected chi connectivity index (χ2v) is 8.89. The number of benzene rings is 2. The van der Waals surface area contributed by atoms with Crippen molar-refractivity contribution in [3.8, 4) is 11.1 Å². The minimum Gasteiger partial charge on any atom is -0.369 e. The van der Waals surface area contributed by atoms with Crippen LogP contribution in [0, 0.1) is 5.92 Å². The van der Waals surface area contributed by atoms with Gasteiger partial charge < -0.3 is 10.6 Å². The standard InChI is InChI=1S/C21H27N3O3S/c22-21(25)18-10-6-14-24(16-18)15-7-13-23-28(26,27)20-12-5-4-11-19(20)17-8-2-1-3-9-17/h1-5,8-9,11-12,18,23H,6-7,10,13-16H2,(H2,22,25). The second kappa shape index (κ2) is 9.32. The Hall–Kier alpha value is -2.22. The summed E-state index contributed by atoms with van der Waals surface area (Å²) in [7, 11) is -3.61. The van der Waals surface area contributed by atoms with Crippen LogP contribution in [0.3, 0.4) is 0 Å². The third kappa shape index (κ3) is 5.19. The fourth-order valence-corrected chi connectivity index (χ4v) is 4.94. The summed E-state index contributed by atoms with van der Waals surface area (Å²) in [5.74, 6) is -0.342. The average molecular weight is 402 g/mol. The van der Waals surface area contributed by atoms with Gasteiger partial charge in [0, 0.05) is 18.7 Å². The molecule has 0 bridgehead atoms. The average Bonchev–Trinajstić information content (AvgIpc) is 2.72. The molecule has 1 saturated heterocycles. The summed E-state index contributed by atoms with van der Waals surface area (Å²) in [5, 5.41) is 0. The van der Waals surface area contributed by atoms with E-state index in [4.69, 9.17) is 5.73 Å². The predicted octanol–water partition coefficient (Wildman–Crippen LogP) is 2.22. The number of nitrogens with two attached hydrogens (primary N) is 1.